The second-order valence-corrected chi connectivity index (χ2v) is 12.1. The molecule has 0 bridgehead atoms. The molecular weight excluding hydrogens is 514 g/mol. The number of aliphatic hydroxyl groups is 1. The molecule has 39 heavy (non-hydrogen) atoms. The summed E-state index contributed by atoms with van der Waals surface area (Å²) >= 11 is 0. The second-order valence-electron chi connectivity index (χ2n) is 10.4. The summed E-state index contributed by atoms with van der Waals surface area (Å²) in [6.45, 7) is 7.30. The lowest BCUT2D eigenvalue weighted by molar-refractivity contribution is 0.0341. The second kappa shape index (κ2) is 12.2. The van der Waals surface area contributed by atoms with Gasteiger partial charge in [-0.25, -0.2) is 8.42 Å². The summed E-state index contributed by atoms with van der Waals surface area (Å²) < 4.78 is 35.0. The molecule has 0 spiro atoms. The number of aliphatic hydroxyl groups excluding tert-OH is 1. The Balaban J connectivity index is 1.63. The fourth-order valence-corrected chi connectivity index (χ4v) is 5.75. The van der Waals surface area contributed by atoms with Crippen LogP contribution >= 0.6 is 0 Å². The van der Waals surface area contributed by atoms with Gasteiger partial charge in [0.25, 0.3) is 15.9 Å². The van der Waals surface area contributed by atoms with Crippen LogP contribution in [0.2, 0.25) is 0 Å². The van der Waals surface area contributed by atoms with E-state index in [1.807, 2.05) is 39.1 Å². The first-order valence-corrected chi connectivity index (χ1v) is 14.6. The monoisotopic (exact) mass is 551 g/mol. The molecule has 1 heterocycles. The van der Waals surface area contributed by atoms with E-state index in [2.05, 4.69) is 21.8 Å². The minimum Gasteiger partial charge on any atom is -0.488 e. The lowest BCUT2D eigenvalue weighted by Gasteiger charge is -2.38. The molecule has 0 unspecified atom stereocenters. The Morgan fingerprint density at radius 3 is 2.46 bits per heavy atom. The quantitative estimate of drug-likeness (QED) is 0.415. The van der Waals surface area contributed by atoms with Gasteiger partial charge in [0.1, 0.15) is 11.9 Å². The summed E-state index contributed by atoms with van der Waals surface area (Å²) in [4.78, 5) is 17.6. The Labute approximate surface area is 231 Å². The number of sulfonamides is 1. The number of likely N-dealkylation sites (N-methyl/N-ethyl adjacent to an activating group) is 1. The number of nitrogens with one attached hydrogen (secondary N) is 1. The van der Waals surface area contributed by atoms with Crippen molar-refractivity contribution < 1.29 is 23.1 Å². The third-order valence-electron chi connectivity index (χ3n) is 7.04. The zero-order chi connectivity index (χ0) is 28.2. The number of carbonyl (C=O) groups is 1. The number of rotatable bonds is 9. The molecule has 1 aliphatic heterocycles. The van der Waals surface area contributed by atoms with Gasteiger partial charge in [-0.2, -0.15) is 0 Å². The van der Waals surface area contributed by atoms with Crippen molar-refractivity contribution in [2.45, 2.75) is 44.4 Å². The molecule has 2 N–H and O–H groups in total. The summed E-state index contributed by atoms with van der Waals surface area (Å²) in [5.41, 5.74) is 2.65. The maximum Gasteiger partial charge on any atom is 0.261 e. The number of ether oxygens (including phenoxy) is 1. The minimum atomic E-state index is -3.85. The van der Waals surface area contributed by atoms with Crippen molar-refractivity contribution in [2.24, 2.45) is 5.92 Å². The zero-order valence-electron chi connectivity index (χ0n) is 22.9. The number of nitrogens with zero attached hydrogens (tertiary/aromatic N) is 2. The van der Waals surface area contributed by atoms with Crippen LogP contribution in [0.3, 0.4) is 0 Å². The first-order valence-electron chi connectivity index (χ1n) is 13.1. The summed E-state index contributed by atoms with van der Waals surface area (Å²) in [7, 11) is -1.82. The topological polar surface area (TPSA) is 99.2 Å². The van der Waals surface area contributed by atoms with Crippen LogP contribution in [0, 0.1) is 12.8 Å². The number of benzene rings is 3. The van der Waals surface area contributed by atoms with Crippen LogP contribution in [-0.4, -0.2) is 68.1 Å². The van der Waals surface area contributed by atoms with Gasteiger partial charge in [0.2, 0.25) is 0 Å². The molecule has 0 saturated heterocycles. The first kappa shape index (κ1) is 28.6. The Hall–Kier alpha value is -3.40. The average Bonchev–Trinajstić information content (AvgIpc) is 2.91. The number of hydrogen-bond acceptors (Lipinski definition) is 6. The van der Waals surface area contributed by atoms with Gasteiger partial charge in [0.15, 0.2) is 0 Å². The molecule has 3 aromatic carbocycles. The molecule has 0 aliphatic carbocycles. The highest BCUT2D eigenvalue weighted by Gasteiger charge is 2.33. The molecule has 0 saturated carbocycles. The van der Waals surface area contributed by atoms with Crippen LogP contribution in [0.15, 0.2) is 77.7 Å². The van der Waals surface area contributed by atoms with E-state index in [1.54, 1.807) is 48.2 Å². The fraction of sp³-hybridized carbons (Fsp3) is 0.367. The number of amides is 1. The fourth-order valence-electron chi connectivity index (χ4n) is 4.70. The lowest BCUT2D eigenvalue weighted by Crippen LogP contribution is -2.49. The van der Waals surface area contributed by atoms with Crippen molar-refractivity contribution in [3.8, 4) is 5.75 Å². The predicted octanol–water partition coefficient (Wildman–Crippen LogP) is 4.15. The number of fused-ring (bicyclic) bond motifs is 1. The Morgan fingerprint density at radius 2 is 1.79 bits per heavy atom. The summed E-state index contributed by atoms with van der Waals surface area (Å²) in [5, 5.41) is 9.90. The van der Waals surface area contributed by atoms with Gasteiger partial charge in [-0.05, 0) is 56.8 Å². The van der Waals surface area contributed by atoms with Crippen LogP contribution in [-0.2, 0) is 16.6 Å². The molecule has 0 fully saturated rings. The standard InChI is InChI=1S/C30H37N3O5S/c1-21-10-13-26(14-11-21)39(36,37)31-25-12-15-28-27(16-25)30(35)33(23(3)20-34)17-22(2)29(38-28)19-32(4)18-24-8-6-5-7-9-24/h5-16,22-23,29,31,34H,17-20H2,1-4H3/t22-,23-,29-/m1/s1. The molecule has 3 atom stereocenters. The van der Waals surface area contributed by atoms with Gasteiger partial charge >= 0.3 is 0 Å². The third-order valence-corrected chi connectivity index (χ3v) is 8.43. The highest BCUT2D eigenvalue weighted by Crippen LogP contribution is 2.31. The molecule has 0 aromatic heterocycles. The van der Waals surface area contributed by atoms with Crippen LogP contribution in [0.1, 0.15) is 35.3 Å². The average molecular weight is 552 g/mol. The van der Waals surface area contributed by atoms with Gasteiger partial charge < -0.3 is 14.7 Å². The van der Waals surface area contributed by atoms with Gasteiger partial charge in [0, 0.05) is 31.2 Å². The van der Waals surface area contributed by atoms with Crippen LogP contribution in [0.5, 0.6) is 5.75 Å². The number of anilines is 1. The molecule has 208 valence electrons. The van der Waals surface area contributed by atoms with E-state index < -0.39 is 16.1 Å². The maximum atomic E-state index is 13.7. The van der Waals surface area contributed by atoms with Crippen molar-refractivity contribution >= 4 is 21.6 Å². The highest BCUT2D eigenvalue weighted by molar-refractivity contribution is 7.92. The summed E-state index contributed by atoms with van der Waals surface area (Å²) in [6.07, 6.45) is -0.242. The van der Waals surface area contributed by atoms with Crippen molar-refractivity contribution in [3.05, 3.63) is 89.5 Å². The van der Waals surface area contributed by atoms with E-state index in [9.17, 15) is 18.3 Å². The van der Waals surface area contributed by atoms with E-state index in [0.717, 1.165) is 12.1 Å². The Bertz CT molecular complexity index is 1380. The van der Waals surface area contributed by atoms with Gasteiger partial charge in [-0.3, -0.25) is 14.4 Å². The number of aryl methyl sites for hydroxylation is 1. The van der Waals surface area contributed by atoms with Gasteiger partial charge in [0.05, 0.1) is 23.1 Å². The normalized spacial score (nSPS) is 18.6. The van der Waals surface area contributed by atoms with E-state index in [-0.39, 0.29) is 40.7 Å². The lowest BCUT2D eigenvalue weighted by atomic mass is 9.99. The molecule has 9 heteroatoms. The summed E-state index contributed by atoms with van der Waals surface area (Å²) in [5.74, 6) is 0.0537. The minimum absolute atomic E-state index is 0.0194. The maximum absolute atomic E-state index is 13.7. The van der Waals surface area contributed by atoms with E-state index in [4.69, 9.17) is 4.74 Å². The smallest absolute Gasteiger partial charge is 0.261 e. The van der Waals surface area contributed by atoms with Crippen molar-refractivity contribution in [1.82, 2.24) is 9.80 Å². The molecule has 1 aliphatic rings. The number of hydrogen-bond donors (Lipinski definition) is 2. The molecule has 8 nitrogen and oxygen atoms in total. The van der Waals surface area contributed by atoms with E-state index in [0.29, 0.717) is 18.8 Å². The van der Waals surface area contributed by atoms with E-state index in [1.165, 1.54) is 11.6 Å². The third kappa shape index (κ3) is 6.98. The molecular formula is C30H37N3O5S. The molecule has 1 amide bonds. The van der Waals surface area contributed by atoms with Gasteiger partial charge in [-0.1, -0.05) is 55.0 Å². The Kier molecular flexibility index (Phi) is 8.94. The molecule has 3 aromatic rings. The largest absolute Gasteiger partial charge is 0.488 e. The van der Waals surface area contributed by atoms with Crippen molar-refractivity contribution in [2.75, 3.05) is 31.5 Å². The van der Waals surface area contributed by atoms with Crippen LogP contribution < -0.4 is 9.46 Å². The molecule has 4 rings (SSSR count). The highest BCUT2D eigenvalue weighted by atomic mass is 32.2. The Morgan fingerprint density at radius 1 is 1.10 bits per heavy atom. The predicted molar refractivity (Wildman–Crippen MR) is 152 cm³/mol. The van der Waals surface area contributed by atoms with Crippen molar-refractivity contribution in [1.29, 1.82) is 0 Å². The first-order chi connectivity index (χ1) is 18.6. The zero-order valence-corrected chi connectivity index (χ0v) is 23.7. The van der Waals surface area contributed by atoms with E-state index >= 15 is 0 Å². The van der Waals surface area contributed by atoms with Crippen molar-refractivity contribution in [3.63, 3.8) is 0 Å². The summed E-state index contributed by atoms with van der Waals surface area (Å²) in [6, 6.07) is 21.1. The number of carbonyl (C=O) groups excluding carboxylic acids is 1. The van der Waals surface area contributed by atoms with Crippen LogP contribution in [0.25, 0.3) is 0 Å². The molecule has 0 radical (unpaired) electrons. The SMILES string of the molecule is Cc1ccc(S(=O)(=O)Nc2ccc3c(c2)C(=O)N([C@H](C)CO)C[C@@H](C)[C@@H](CN(C)Cc2ccccc2)O3)cc1. The van der Waals surface area contributed by atoms with Crippen LogP contribution in [0.4, 0.5) is 5.69 Å². The van der Waals surface area contributed by atoms with Gasteiger partial charge in [-0.15, -0.1) is 0 Å².